The first kappa shape index (κ1) is 115. The van der Waals surface area contributed by atoms with Gasteiger partial charge in [0.2, 0.25) is 31.9 Å². The Labute approximate surface area is 654 Å². The number of nitrogens with two attached hydrogens (primary N) is 1. The highest BCUT2D eigenvalue weighted by Gasteiger charge is 2.36. The molecule has 604 valence electrons. The predicted molar refractivity (Wildman–Crippen MR) is 443 cm³/mol. The van der Waals surface area contributed by atoms with Gasteiger partial charge in [-0.15, -0.1) is 0 Å². The van der Waals surface area contributed by atoms with Gasteiger partial charge >= 0.3 is 0 Å². The number of aldehydes is 1. The number of thioether (sulfide) groups is 6. The molecule has 0 radical (unpaired) electrons. The summed E-state index contributed by atoms with van der Waals surface area (Å²) in [5.74, 6) is 4.83. The smallest absolute Gasteiger partial charge is 0.289 e. The molecule has 2 aromatic carbocycles. The molecule has 0 unspecified atom stereocenters. The Kier molecular flexibility index (Phi) is 76.8. The van der Waals surface area contributed by atoms with Crippen molar-refractivity contribution in [2.24, 2.45) is 11.7 Å². The van der Waals surface area contributed by atoms with Crippen molar-refractivity contribution in [3.05, 3.63) is 68.8 Å². The average molecular weight is 1650 g/mol. The summed E-state index contributed by atoms with van der Waals surface area (Å²) in [4.78, 5) is 135. The molecular weight excluding hydrogens is 1520 g/mol. The van der Waals surface area contributed by atoms with E-state index in [1.165, 1.54) is 79.8 Å². The van der Waals surface area contributed by atoms with Gasteiger partial charge in [0.05, 0.1) is 46.1 Å². The lowest BCUT2D eigenvalue weighted by molar-refractivity contribution is -0.388. The van der Waals surface area contributed by atoms with Crippen LogP contribution in [0, 0.1) is 26.1 Å². The number of nitrogens with zero attached hydrogens (tertiary/aromatic N) is 5. The molecule has 0 aliphatic heterocycles. The summed E-state index contributed by atoms with van der Waals surface area (Å²) in [6, 6.07) is 7.78. The number of nitrogens with one attached hydrogen (secondary N) is 3. The van der Waals surface area contributed by atoms with Crippen molar-refractivity contribution in [3.63, 3.8) is 0 Å². The van der Waals surface area contributed by atoms with Gasteiger partial charge in [0.25, 0.3) is 11.4 Å². The molecule has 0 spiro atoms. The molecule has 0 heterocycles. The molecule has 36 heteroatoms. The Morgan fingerprint density at radius 1 is 0.519 bits per heavy atom. The van der Waals surface area contributed by atoms with E-state index in [1.807, 2.05) is 66.7 Å². The third-order valence-electron chi connectivity index (χ3n) is 14.2. The van der Waals surface area contributed by atoms with E-state index in [9.17, 15) is 85.0 Å². The van der Waals surface area contributed by atoms with Gasteiger partial charge in [-0.25, -0.2) is 16.8 Å². The number of nitro groups is 2. The maximum absolute atomic E-state index is 12.7. The number of ketones is 7. The van der Waals surface area contributed by atoms with E-state index in [-0.39, 0.29) is 117 Å². The van der Waals surface area contributed by atoms with Gasteiger partial charge < -0.3 is 35.8 Å². The normalized spacial score (nSPS) is 12.3. The maximum atomic E-state index is 12.7. The number of hydrogen-bond donors (Lipinski definition) is 5. The number of sulfonamides is 2. The van der Waals surface area contributed by atoms with Gasteiger partial charge in [-0.05, 0) is 77.7 Å². The molecule has 5 N–H and O–H groups in total. The standard InChI is InChI=1S/C13H18N2O5S2.C12H16N2O5S2.C12H21NO3S.C10H19NO2S.C7H15NOS.C7H14OS.C4H9NOS.CH5N.2CH4/c1-4-12(16)11(9-21-3)14(2)22(19,20)13-8-6-5-7-10(13)15(17)18;1-3-11(15)9(8-20-2)13-21(18,19)12-7-5-4-6-10(12)14(16)17;1-5-11(15)10(8-17-4)13(3)12(16)7-6-9(2)14;1-5-9(12)8(7-14-4)11(3)10(13)6-2;1-4-7(9)6(8-2)5-10-3;1-4-7(8)6(2)5-9-3;1-5-4(2-6)3-7;1-2;;/h5-8,11H,4,9H2,1-3H3;4-7,9,13H,3,8H2,1-2H3;10H,5-8H2,1-4H3;8H,5-7H2,1-4H3;6,8H,4-5H2,1-3H3;6H,4-5H2,1-3H3;2,4-5,7H,3H2,1H3;2H2,1H3;2*1H4/t11-;9-;10-;8-;2*6-;4-;;;/m0000001.../s1. The van der Waals surface area contributed by atoms with Gasteiger partial charge in [0.15, 0.2) is 32.9 Å². The van der Waals surface area contributed by atoms with Gasteiger partial charge in [0.1, 0.15) is 23.6 Å². The Hall–Kier alpha value is -4.31. The fourth-order valence-electron chi connectivity index (χ4n) is 7.96. The highest BCUT2D eigenvalue weighted by atomic mass is 32.2. The van der Waals surface area contributed by atoms with Crippen LogP contribution in [0.25, 0.3) is 0 Å². The number of rotatable bonds is 42. The van der Waals surface area contributed by atoms with E-state index >= 15 is 0 Å². The summed E-state index contributed by atoms with van der Waals surface area (Å²) < 4.78 is 53.1. The van der Waals surface area contributed by atoms with Crippen LogP contribution in [0.15, 0.2) is 58.3 Å². The zero-order valence-corrected chi connectivity index (χ0v) is 70.9. The van der Waals surface area contributed by atoms with E-state index in [0.717, 1.165) is 40.3 Å². The van der Waals surface area contributed by atoms with Crippen molar-refractivity contribution in [2.75, 3.05) is 120 Å². The second kappa shape index (κ2) is 69.2. The highest BCUT2D eigenvalue weighted by Crippen LogP contribution is 2.28. The van der Waals surface area contributed by atoms with E-state index in [0.29, 0.717) is 66.7 Å². The first-order valence-corrected chi connectivity index (χ1v) is 44.4. The summed E-state index contributed by atoms with van der Waals surface area (Å²) in [5, 5.41) is 27.7. The van der Waals surface area contributed by atoms with E-state index < -0.39 is 63.1 Å². The number of benzene rings is 2. The largest absolute Gasteiger partial charge is 0.335 e. The first-order chi connectivity index (χ1) is 47.9. The Morgan fingerprint density at radius 2 is 0.865 bits per heavy atom. The quantitative estimate of drug-likeness (QED) is 0.0178. The minimum absolute atomic E-state index is 0. The number of para-hydroxylation sites is 2. The molecule has 27 nitrogen and oxygen atoms in total. The number of amides is 2. The second-order valence-electron chi connectivity index (χ2n) is 21.4. The third kappa shape index (κ3) is 48.2. The van der Waals surface area contributed by atoms with Crippen LogP contribution in [0.1, 0.15) is 135 Å². The first-order valence-electron chi connectivity index (χ1n) is 32.5. The van der Waals surface area contributed by atoms with E-state index in [4.69, 9.17) is 0 Å². The SMILES string of the molecule is C.C.CCC(=O)[C@@H](C)CSC.CCC(=O)[C@H](CSC)N(C)C(=O)CC.CCC(=O)[C@H](CSC)N(C)C(=O)CCC(C)=O.CCC(=O)[C@H](CSC)N(C)S(=O)(=O)c1ccccc1[N+](=O)[O-].CCC(=O)[C@H](CSC)NC.CCC(=O)[C@H](CSC)NS(=O)(=O)c1ccccc1[N+](=O)[O-].CN.CN[C@H](C=O)CS. The molecule has 0 fully saturated rings. The fourth-order valence-corrected chi connectivity index (χ4v) is 15.5. The topological polar surface area (TPSA) is 397 Å². The molecule has 2 rings (SSSR count). The molecular formula is C68H125N9O18S9. The van der Waals surface area contributed by atoms with Crippen molar-refractivity contribution >= 4 is 173 Å². The van der Waals surface area contributed by atoms with Crippen LogP contribution in [-0.2, 0) is 68.0 Å². The van der Waals surface area contributed by atoms with Crippen molar-refractivity contribution in [1.82, 2.24) is 29.5 Å². The molecule has 2 aromatic rings. The number of likely N-dealkylation sites (N-methyl/N-ethyl adjacent to an activating group) is 5. The number of thiol groups is 1. The fraction of sp³-hybridized carbons (Fsp3) is 0.676. The van der Waals surface area contributed by atoms with Gasteiger partial charge in [0, 0.05) is 137 Å². The van der Waals surface area contributed by atoms with Crippen LogP contribution < -0.4 is 21.1 Å². The lowest BCUT2D eigenvalue weighted by Crippen LogP contribution is -2.44. The van der Waals surface area contributed by atoms with Crippen LogP contribution >= 0.6 is 83.2 Å². The van der Waals surface area contributed by atoms with Gasteiger partial charge in [-0.1, -0.05) is 94.5 Å². The zero-order valence-electron chi connectivity index (χ0n) is 63.4. The predicted octanol–water partition coefficient (Wildman–Crippen LogP) is 10.0. The van der Waals surface area contributed by atoms with Crippen LogP contribution in [0.2, 0.25) is 0 Å². The number of Topliss-reactive ketones (excluding diaryl/α,β-unsaturated/α-hetero) is 7. The molecule has 0 saturated heterocycles. The van der Waals surface area contributed by atoms with Crippen molar-refractivity contribution in [3.8, 4) is 0 Å². The monoisotopic (exact) mass is 1640 g/mol. The molecule has 104 heavy (non-hydrogen) atoms. The summed E-state index contributed by atoms with van der Waals surface area (Å²) in [6.45, 7) is 16.0. The lowest BCUT2D eigenvalue weighted by Gasteiger charge is -2.26. The van der Waals surface area contributed by atoms with Crippen LogP contribution in [-0.4, -0.2) is 256 Å². The minimum Gasteiger partial charge on any atom is -0.335 e. The third-order valence-corrected chi connectivity index (χ3v) is 22.1. The minimum atomic E-state index is -4.14. The van der Waals surface area contributed by atoms with Crippen LogP contribution in [0.4, 0.5) is 11.4 Å². The lowest BCUT2D eigenvalue weighted by atomic mass is 10.1. The van der Waals surface area contributed by atoms with E-state index in [1.54, 1.807) is 106 Å². The Morgan fingerprint density at radius 3 is 1.19 bits per heavy atom. The summed E-state index contributed by atoms with van der Waals surface area (Å²) in [6.07, 6.45) is 15.7. The van der Waals surface area contributed by atoms with E-state index in [2.05, 4.69) is 33.7 Å². The van der Waals surface area contributed by atoms with Gasteiger partial charge in [-0.2, -0.15) is 92.2 Å². The number of carbonyl (C=O) groups excluding carboxylic acids is 10. The van der Waals surface area contributed by atoms with Gasteiger partial charge in [-0.3, -0.25) is 58.6 Å². The number of carbonyl (C=O) groups is 10. The van der Waals surface area contributed by atoms with Crippen LogP contribution in [0.5, 0.6) is 0 Å². The summed E-state index contributed by atoms with van der Waals surface area (Å²) in [5.41, 5.74) is 3.48. The highest BCUT2D eigenvalue weighted by molar-refractivity contribution is 7.99. The summed E-state index contributed by atoms with van der Waals surface area (Å²) >= 11 is 13.1. The molecule has 0 aliphatic rings. The average Bonchev–Trinajstić information content (AvgIpc) is 0.790. The number of hydrogen-bond acceptors (Lipinski definition) is 28. The second-order valence-corrected chi connectivity index (χ2v) is 30.8. The Bertz CT molecular complexity index is 3030. The van der Waals surface area contributed by atoms with Crippen molar-refractivity contribution in [1.29, 1.82) is 0 Å². The molecule has 2 amide bonds. The van der Waals surface area contributed by atoms with Crippen molar-refractivity contribution < 1.29 is 74.6 Å². The van der Waals surface area contributed by atoms with Crippen LogP contribution in [0.3, 0.4) is 0 Å². The zero-order chi connectivity index (χ0) is 80.5. The van der Waals surface area contributed by atoms with Crippen molar-refractivity contribution in [2.45, 2.75) is 181 Å². The molecule has 7 atom stereocenters. The molecule has 0 aliphatic carbocycles. The molecule has 0 aromatic heterocycles. The summed E-state index contributed by atoms with van der Waals surface area (Å²) in [7, 11) is 1.41. The molecule has 0 saturated carbocycles. The Balaban J connectivity index is -0.000000176. The molecule has 0 bridgehead atoms. The number of nitro benzene ring substituents is 2. The maximum Gasteiger partial charge on any atom is 0.289 e.